The highest BCUT2D eigenvalue weighted by Gasteiger charge is 2.35. The molecule has 2 aliphatic rings. The molecule has 3 aromatic carbocycles. The number of carbonyl (C=O) groups is 1. The number of fused-ring (bicyclic) bond motifs is 1. The van der Waals surface area contributed by atoms with Crippen LogP contribution in [-0.4, -0.2) is 35.2 Å². The lowest BCUT2D eigenvalue weighted by molar-refractivity contribution is -0.384. The number of rotatable bonds is 7. The van der Waals surface area contributed by atoms with Gasteiger partial charge in [0.05, 0.1) is 33.4 Å². The second-order valence-corrected chi connectivity index (χ2v) is 11.0. The summed E-state index contributed by atoms with van der Waals surface area (Å²) < 4.78 is 7.41. The quantitative estimate of drug-likeness (QED) is 0.182. The van der Waals surface area contributed by atoms with Gasteiger partial charge in [-0.05, 0) is 37.5 Å². The number of nitro groups is 1. The molecule has 6 rings (SSSR count). The van der Waals surface area contributed by atoms with Crippen LogP contribution in [0.1, 0.15) is 42.5 Å². The Morgan fingerprint density at radius 2 is 1.76 bits per heavy atom. The summed E-state index contributed by atoms with van der Waals surface area (Å²) >= 11 is 1.20. The Morgan fingerprint density at radius 1 is 1.07 bits per heavy atom. The van der Waals surface area contributed by atoms with Crippen molar-refractivity contribution in [1.29, 1.82) is 0 Å². The van der Waals surface area contributed by atoms with E-state index < -0.39 is 16.9 Å². The second kappa shape index (κ2) is 11.6. The molecule has 0 spiro atoms. The third-order valence-electron chi connectivity index (χ3n) is 7.44. The van der Waals surface area contributed by atoms with Gasteiger partial charge in [-0.2, -0.15) is 0 Å². The lowest BCUT2D eigenvalue weighted by Crippen LogP contribution is -2.40. The zero-order valence-corrected chi connectivity index (χ0v) is 23.8. The number of hydrogen-bond donors (Lipinski definition) is 0. The Hall–Kier alpha value is -4.83. The molecule has 0 saturated carbocycles. The van der Waals surface area contributed by atoms with Crippen LogP contribution in [0.5, 0.6) is 0 Å². The van der Waals surface area contributed by atoms with Gasteiger partial charge in [-0.3, -0.25) is 19.5 Å². The molecule has 2 aliphatic heterocycles. The van der Waals surface area contributed by atoms with Crippen LogP contribution < -0.4 is 19.8 Å². The van der Waals surface area contributed by atoms with Gasteiger partial charge in [-0.25, -0.2) is 9.79 Å². The monoisotopic (exact) mass is 580 g/mol. The van der Waals surface area contributed by atoms with Crippen molar-refractivity contribution in [2.24, 2.45) is 4.99 Å². The minimum absolute atomic E-state index is 0.0462. The van der Waals surface area contributed by atoms with E-state index in [1.807, 2.05) is 60.7 Å². The van der Waals surface area contributed by atoms with Crippen molar-refractivity contribution < 1.29 is 14.5 Å². The second-order valence-electron chi connectivity index (χ2n) is 10.0. The van der Waals surface area contributed by atoms with E-state index in [9.17, 15) is 19.7 Å². The molecule has 0 radical (unpaired) electrons. The van der Waals surface area contributed by atoms with Crippen LogP contribution in [0.15, 0.2) is 94.2 Å². The first kappa shape index (κ1) is 27.3. The zero-order valence-electron chi connectivity index (χ0n) is 22.9. The minimum atomic E-state index is -0.776. The van der Waals surface area contributed by atoms with Crippen molar-refractivity contribution in [1.82, 2.24) is 4.57 Å². The van der Waals surface area contributed by atoms with E-state index in [0.29, 0.717) is 20.6 Å². The molecule has 0 N–H and O–H groups in total. The van der Waals surface area contributed by atoms with Crippen molar-refractivity contribution in [2.75, 3.05) is 24.6 Å². The Balaban J connectivity index is 1.62. The van der Waals surface area contributed by atoms with Crippen LogP contribution >= 0.6 is 11.3 Å². The van der Waals surface area contributed by atoms with Crippen LogP contribution in [0.2, 0.25) is 0 Å². The molecule has 10 heteroatoms. The molecule has 0 amide bonds. The Bertz CT molecular complexity index is 1870. The number of esters is 1. The molecular weight excluding hydrogens is 552 g/mol. The van der Waals surface area contributed by atoms with Gasteiger partial charge in [0.25, 0.3) is 11.2 Å². The molecule has 1 atom stereocenters. The number of thiazole rings is 1. The van der Waals surface area contributed by atoms with Gasteiger partial charge in [0.2, 0.25) is 0 Å². The molecule has 42 heavy (non-hydrogen) atoms. The van der Waals surface area contributed by atoms with Gasteiger partial charge in [0.1, 0.15) is 0 Å². The fourth-order valence-electron chi connectivity index (χ4n) is 5.55. The van der Waals surface area contributed by atoms with Crippen molar-refractivity contribution in [2.45, 2.75) is 25.8 Å². The molecule has 0 unspecified atom stereocenters. The molecular formula is C32H28N4O5S. The van der Waals surface area contributed by atoms with Crippen molar-refractivity contribution >= 4 is 40.5 Å². The summed E-state index contributed by atoms with van der Waals surface area (Å²) in [7, 11) is 0. The summed E-state index contributed by atoms with van der Waals surface area (Å²) in [5.41, 5.74) is 3.26. The predicted molar refractivity (Wildman–Crippen MR) is 162 cm³/mol. The molecule has 1 saturated heterocycles. The third-order valence-corrected chi connectivity index (χ3v) is 8.43. The molecule has 3 heterocycles. The Kier molecular flexibility index (Phi) is 7.54. The van der Waals surface area contributed by atoms with E-state index in [0.717, 1.165) is 42.7 Å². The van der Waals surface area contributed by atoms with Crippen LogP contribution in [0, 0.1) is 10.1 Å². The molecule has 1 fully saturated rings. The van der Waals surface area contributed by atoms with Crippen molar-refractivity contribution in [3.05, 3.63) is 131 Å². The zero-order chi connectivity index (χ0) is 29.2. The van der Waals surface area contributed by atoms with Crippen LogP contribution in [0.25, 0.3) is 11.8 Å². The SMILES string of the molecule is CCOC(=O)C1=C(c2ccccc2)N=c2s/c(=C/c3cc([N+](=O)[O-])ccc3N3CCCC3)c(=O)n2[C@H]1c1ccccc1. The van der Waals surface area contributed by atoms with Gasteiger partial charge in [-0.15, -0.1) is 0 Å². The maximum atomic E-state index is 14.2. The van der Waals surface area contributed by atoms with Gasteiger partial charge in [0.15, 0.2) is 4.80 Å². The average Bonchev–Trinajstić information content (AvgIpc) is 3.65. The lowest BCUT2D eigenvalue weighted by atomic mass is 9.93. The van der Waals surface area contributed by atoms with Crippen LogP contribution in [-0.2, 0) is 9.53 Å². The van der Waals surface area contributed by atoms with Gasteiger partial charge in [0, 0.05) is 42.0 Å². The molecule has 0 bridgehead atoms. The van der Waals surface area contributed by atoms with Gasteiger partial charge >= 0.3 is 5.97 Å². The van der Waals surface area contributed by atoms with Gasteiger partial charge < -0.3 is 9.64 Å². The van der Waals surface area contributed by atoms with Crippen molar-refractivity contribution in [3.8, 4) is 0 Å². The molecule has 4 aromatic rings. The van der Waals surface area contributed by atoms with E-state index >= 15 is 0 Å². The number of anilines is 1. The van der Waals surface area contributed by atoms with E-state index in [1.165, 1.54) is 28.0 Å². The topological polar surface area (TPSA) is 107 Å². The Morgan fingerprint density at radius 3 is 2.43 bits per heavy atom. The number of aromatic nitrogens is 1. The van der Waals surface area contributed by atoms with E-state index in [1.54, 1.807) is 19.1 Å². The smallest absolute Gasteiger partial charge is 0.338 e. The fraction of sp³-hybridized carbons (Fsp3) is 0.219. The maximum absolute atomic E-state index is 14.2. The summed E-state index contributed by atoms with van der Waals surface area (Å²) in [6, 6.07) is 22.7. The summed E-state index contributed by atoms with van der Waals surface area (Å²) in [5.74, 6) is -0.543. The predicted octanol–water partition coefficient (Wildman–Crippen LogP) is 4.44. The number of nitrogens with zero attached hydrogens (tertiary/aromatic N) is 4. The highest BCUT2D eigenvalue weighted by molar-refractivity contribution is 7.07. The molecule has 1 aromatic heterocycles. The van der Waals surface area contributed by atoms with Crippen LogP contribution in [0.3, 0.4) is 0 Å². The Labute approximate surface area is 245 Å². The fourth-order valence-corrected chi connectivity index (χ4v) is 6.54. The number of hydrogen-bond acceptors (Lipinski definition) is 8. The van der Waals surface area contributed by atoms with Crippen LogP contribution in [0.4, 0.5) is 11.4 Å². The summed E-state index contributed by atoms with van der Waals surface area (Å²) in [6.07, 6.45) is 3.78. The standard InChI is InChI=1S/C32H28N4O5S/c1-2-41-31(38)27-28(21-11-5-3-6-12-21)33-32-35(29(27)22-13-7-4-8-14-22)30(37)26(42-32)20-23-19-24(36(39)40)15-16-25(23)34-17-9-10-18-34/h3-8,11-16,19-20,29H,2,9-10,17-18H2,1H3/b26-20+/t29-/m0/s1. The summed E-state index contributed by atoms with van der Waals surface area (Å²) in [6.45, 7) is 3.60. The first-order valence-corrected chi connectivity index (χ1v) is 14.6. The average molecular weight is 581 g/mol. The van der Waals surface area contributed by atoms with E-state index in [2.05, 4.69) is 4.90 Å². The normalized spacial score (nSPS) is 16.7. The molecule has 0 aliphatic carbocycles. The van der Waals surface area contributed by atoms with Crippen molar-refractivity contribution in [3.63, 3.8) is 0 Å². The number of ether oxygens (including phenoxy) is 1. The number of carbonyl (C=O) groups excluding carboxylic acids is 1. The van der Waals surface area contributed by atoms with E-state index in [-0.39, 0.29) is 23.4 Å². The highest BCUT2D eigenvalue weighted by atomic mass is 32.1. The number of nitro benzene ring substituents is 1. The summed E-state index contributed by atoms with van der Waals surface area (Å²) in [4.78, 5) is 46.4. The number of benzene rings is 3. The minimum Gasteiger partial charge on any atom is -0.463 e. The first-order chi connectivity index (χ1) is 20.5. The summed E-state index contributed by atoms with van der Waals surface area (Å²) in [5, 5.41) is 11.6. The first-order valence-electron chi connectivity index (χ1n) is 13.8. The molecule has 212 valence electrons. The largest absolute Gasteiger partial charge is 0.463 e. The highest BCUT2D eigenvalue weighted by Crippen LogP contribution is 2.35. The maximum Gasteiger partial charge on any atom is 0.338 e. The number of non-ortho nitro benzene ring substituents is 1. The van der Waals surface area contributed by atoms with Gasteiger partial charge in [-0.1, -0.05) is 72.0 Å². The third kappa shape index (κ3) is 5.05. The lowest BCUT2D eigenvalue weighted by Gasteiger charge is -2.25. The van der Waals surface area contributed by atoms with E-state index in [4.69, 9.17) is 9.73 Å². The molecule has 9 nitrogen and oxygen atoms in total.